The Balaban J connectivity index is 2.07. The molecule has 2 aliphatic carbocycles. The highest BCUT2D eigenvalue weighted by Crippen LogP contribution is 2.58. The fourth-order valence-corrected chi connectivity index (χ4v) is 6.81. The van der Waals surface area contributed by atoms with Gasteiger partial charge in [0.2, 0.25) is 0 Å². The molecule has 0 aromatic rings. The van der Waals surface area contributed by atoms with Crippen molar-refractivity contribution < 1.29 is 9.46 Å². The molecule has 2 rings (SSSR count). The summed E-state index contributed by atoms with van der Waals surface area (Å²) in [6.07, 6.45) is 9.94. The van der Waals surface area contributed by atoms with Crippen LogP contribution in [0.4, 0.5) is 0 Å². The lowest BCUT2D eigenvalue weighted by Crippen LogP contribution is -2.39. The lowest BCUT2D eigenvalue weighted by molar-refractivity contribution is 0.182. The Morgan fingerprint density at radius 1 is 1.00 bits per heavy atom. The average Bonchev–Trinajstić information content (AvgIpc) is 2.33. The quantitative estimate of drug-likeness (QED) is 0.730. The van der Waals surface area contributed by atoms with E-state index in [-0.39, 0.29) is 4.75 Å². The molecular formula is C14H26O2PS+. The molecule has 4 heteroatoms. The van der Waals surface area contributed by atoms with Gasteiger partial charge in [-0.2, -0.15) is 4.89 Å². The van der Waals surface area contributed by atoms with Gasteiger partial charge < -0.3 is 0 Å². The minimum atomic E-state index is -2.06. The highest BCUT2D eigenvalue weighted by Gasteiger charge is 2.49. The molecule has 104 valence electrons. The van der Waals surface area contributed by atoms with Gasteiger partial charge in [0, 0.05) is 0 Å². The Labute approximate surface area is 116 Å². The van der Waals surface area contributed by atoms with Gasteiger partial charge in [0.05, 0.1) is 4.75 Å². The van der Waals surface area contributed by atoms with Gasteiger partial charge in [-0.3, -0.25) is 0 Å². The van der Waals surface area contributed by atoms with E-state index < -0.39 is 7.23 Å². The van der Waals surface area contributed by atoms with Crippen LogP contribution in [-0.4, -0.2) is 9.64 Å². The molecule has 1 atom stereocenters. The summed E-state index contributed by atoms with van der Waals surface area (Å²) >= 11 is 1.40. The molecule has 0 amide bonds. The SMILES string of the molecule is CC1CCC(C2(S[P+](=O)O)CCC(C)CC2)CC1. The largest absolute Gasteiger partial charge is 0.583 e. The summed E-state index contributed by atoms with van der Waals surface area (Å²) in [5, 5.41) is 0. The molecule has 0 bridgehead atoms. The van der Waals surface area contributed by atoms with Crippen LogP contribution in [0.3, 0.4) is 0 Å². The number of hydrogen-bond donors (Lipinski definition) is 1. The Morgan fingerprint density at radius 2 is 1.50 bits per heavy atom. The maximum Gasteiger partial charge on any atom is 0.583 e. The van der Waals surface area contributed by atoms with E-state index in [0.717, 1.165) is 24.7 Å². The van der Waals surface area contributed by atoms with E-state index in [1.807, 2.05) is 0 Å². The summed E-state index contributed by atoms with van der Waals surface area (Å²) in [6.45, 7) is 4.65. The molecule has 0 saturated heterocycles. The van der Waals surface area contributed by atoms with Crippen molar-refractivity contribution in [2.24, 2.45) is 17.8 Å². The maximum absolute atomic E-state index is 11.4. The van der Waals surface area contributed by atoms with Gasteiger partial charge >= 0.3 is 7.23 Å². The van der Waals surface area contributed by atoms with Crippen molar-refractivity contribution >= 4 is 18.6 Å². The van der Waals surface area contributed by atoms with Crippen LogP contribution in [0, 0.1) is 17.8 Å². The van der Waals surface area contributed by atoms with Gasteiger partial charge in [0.15, 0.2) is 11.4 Å². The zero-order valence-electron chi connectivity index (χ0n) is 11.6. The van der Waals surface area contributed by atoms with Gasteiger partial charge in [0.1, 0.15) is 0 Å². The standard InChI is InChI=1S/C14H25O2PS/c1-11-3-5-13(6-4-11)14(18-17(15)16)9-7-12(2)8-10-14/h11-13H,3-10H2,1-2H3/p+1. The van der Waals surface area contributed by atoms with E-state index in [1.165, 1.54) is 49.9 Å². The Hall–Kier alpha value is 0.410. The molecular weight excluding hydrogens is 263 g/mol. The van der Waals surface area contributed by atoms with Gasteiger partial charge in [-0.1, -0.05) is 26.7 Å². The fraction of sp³-hybridized carbons (Fsp3) is 1.00. The first-order valence-corrected chi connectivity index (χ1v) is 10.0. The molecule has 2 nitrogen and oxygen atoms in total. The number of rotatable bonds is 3. The predicted molar refractivity (Wildman–Crippen MR) is 78.9 cm³/mol. The molecule has 0 aromatic heterocycles. The first-order valence-electron chi connectivity index (χ1n) is 7.37. The number of hydrogen-bond acceptors (Lipinski definition) is 2. The molecule has 2 aliphatic rings. The van der Waals surface area contributed by atoms with Crippen LogP contribution in [0.5, 0.6) is 0 Å². The Bertz CT molecular complexity index is 292. The van der Waals surface area contributed by atoms with Crippen LogP contribution in [0.15, 0.2) is 0 Å². The molecule has 0 aliphatic heterocycles. The molecule has 0 spiro atoms. The summed E-state index contributed by atoms with van der Waals surface area (Å²) < 4.78 is 11.5. The Morgan fingerprint density at radius 3 is 2.00 bits per heavy atom. The second-order valence-corrected chi connectivity index (χ2v) is 9.49. The van der Waals surface area contributed by atoms with E-state index in [2.05, 4.69) is 13.8 Å². The third-order valence-electron chi connectivity index (χ3n) is 5.14. The smallest absolute Gasteiger partial charge is 0.151 e. The molecule has 2 fully saturated rings. The topological polar surface area (TPSA) is 37.3 Å². The van der Waals surface area contributed by atoms with Crippen molar-refractivity contribution in [1.82, 2.24) is 0 Å². The van der Waals surface area contributed by atoms with Gasteiger partial charge in [-0.05, 0) is 60.8 Å². The van der Waals surface area contributed by atoms with Crippen molar-refractivity contribution in [2.75, 3.05) is 0 Å². The van der Waals surface area contributed by atoms with Crippen molar-refractivity contribution in [1.29, 1.82) is 0 Å². The lowest BCUT2D eigenvalue weighted by Gasteiger charge is -2.43. The van der Waals surface area contributed by atoms with Crippen LogP contribution in [0.2, 0.25) is 0 Å². The second-order valence-electron chi connectivity index (χ2n) is 6.53. The summed E-state index contributed by atoms with van der Waals surface area (Å²) in [7, 11) is -2.06. The summed E-state index contributed by atoms with van der Waals surface area (Å²) in [6, 6.07) is 0. The molecule has 0 heterocycles. The van der Waals surface area contributed by atoms with Crippen LogP contribution < -0.4 is 0 Å². The summed E-state index contributed by atoms with van der Waals surface area (Å²) in [5.41, 5.74) is 0. The van der Waals surface area contributed by atoms with E-state index in [0.29, 0.717) is 5.92 Å². The highest BCUT2D eigenvalue weighted by atomic mass is 32.7. The minimum absolute atomic E-state index is 0.120. The molecule has 1 unspecified atom stereocenters. The first kappa shape index (κ1) is 14.8. The molecule has 1 N–H and O–H groups in total. The summed E-state index contributed by atoms with van der Waals surface area (Å²) in [4.78, 5) is 9.39. The molecule has 18 heavy (non-hydrogen) atoms. The van der Waals surface area contributed by atoms with Crippen LogP contribution in [0.1, 0.15) is 65.2 Å². The average molecular weight is 289 g/mol. The van der Waals surface area contributed by atoms with E-state index in [9.17, 15) is 9.46 Å². The van der Waals surface area contributed by atoms with Crippen LogP contribution in [0.25, 0.3) is 0 Å². The predicted octanol–water partition coefficient (Wildman–Crippen LogP) is 5.14. The van der Waals surface area contributed by atoms with E-state index in [1.54, 1.807) is 0 Å². The first-order chi connectivity index (χ1) is 8.52. The monoisotopic (exact) mass is 289 g/mol. The van der Waals surface area contributed by atoms with Crippen molar-refractivity contribution in [2.45, 2.75) is 70.0 Å². The second kappa shape index (κ2) is 6.24. The van der Waals surface area contributed by atoms with Crippen LogP contribution >= 0.6 is 18.6 Å². The zero-order valence-corrected chi connectivity index (χ0v) is 13.3. The third-order valence-corrected chi connectivity index (χ3v) is 7.96. The third kappa shape index (κ3) is 3.49. The molecule has 0 radical (unpaired) electrons. The minimum Gasteiger partial charge on any atom is -0.151 e. The Kier molecular flexibility index (Phi) is 5.13. The van der Waals surface area contributed by atoms with Crippen molar-refractivity contribution in [3.05, 3.63) is 0 Å². The van der Waals surface area contributed by atoms with Gasteiger partial charge in [0.25, 0.3) is 0 Å². The maximum atomic E-state index is 11.4. The van der Waals surface area contributed by atoms with Crippen molar-refractivity contribution in [3.63, 3.8) is 0 Å². The van der Waals surface area contributed by atoms with Crippen LogP contribution in [-0.2, 0) is 4.57 Å². The van der Waals surface area contributed by atoms with E-state index in [4.69, 9.17) is 0 Å². The van der Waals surface area contributed by atoms with E-state index >= 15 is 0 Å². The van der Waals surface area contributed by atoms with Crippen molar-refractivity contribution in [3.8, 4) is 0 Å². The normalized spacial score (nSPS) is 42.6. The summed E-state index contributed by atoms with van der Waals surface area (Å²) in [5.74, 6) is 2.34. The molecule has 2 saturated carbocycles. The lowest BCUT2D eigenvalue weighted by atomic mass is 9.69. The fourth-order valence-electron chi connectivity index (χ4n) is 3.77. The molecule has 0 aromatic carbocycles. The highest BCUT2D eigenvalue weighted by molar-refractivity contribution is 8.50. The van der Waals surface area contributed by atoms with Gasteiger partial charge in [-0.25, -0.2) is 0 Å². The van der Waals surface area contributed by atoms with Gasteiger partial charge in [-0.15, -0.1) is 0 Å². The zero-order chi connectivity index (χ0) is 13.2.